The Labute approximate surface area is 421 Å². The zero-order valence-corrected chi connectivity index (χ0v) is 41.3. The van der Waals surface area contributed by atoms with Crippen molar-refractivity contribution in [3.8, 4) is 33.4 Å². The SMILES string of the molecule is CC1(C)c2ccccc2-c2ccc(-c3ccc(N(c4ccc(-c5ccc6c7cccc8c9ccccc9n(c6c5)c87)cc4)c4ccc([Si](c5ccccc5)(c5ccccc5)c5ccccc5)cc4)cc3)cc21. The molecule has 2 aromatic heterocycles. The quantitative estimate of drug-likeness (QED) is 0.103. The minimum absolute atomic E-state index is 0.0626. The molecule has 0 aliphatic heterocycles. The number of anilines is 3. The van der Waals surface area contributed by atoms with Crippen LogP contribution in [0.15, 0.2) is 267 Å². The first-order chi connectivity index (χ1) is 35.5. The van der Waals surface area contributed by atoms with Crippen molar-refractivity contribution >= 4 is 84.0 Å². The summed E-state index contributed by atoms with van der Waals surface area (Å²) < 4.78 is 2.47. The third-order valence-electron chi connectivity index (χ3n) is 15.9. The van der Waals surface area contributed by atoms with Crippen molar-refractivity contribution in [2.75, 3.05) is 4.90 Å². The Kier molecular flexibility index (Phi) is 9.61. The monoisotopic (exact) mass is 934 g/mol. The number of para-hydroxylation sites is 2. The maximum Gasteiger partial charge on any atom is 0.179 e. The minimum atomic E-state index is -2.72. The first kappa shape index (κ1) is 42.1. The van der Waals surface area contributed by atoms with E-state index in [4.69, 9.17) is 0 Å². The number of benzene rings is 11. The van der Waals surface area contributed by atoms with E-state index >= 15 is 0 Å². The van der Waals surface area contributed by atoms with Gasteiger partial charge >= 0.3 is 0 Å². The number of rotatable bonds is 9. The van der Waals surface area contributed by atoms with E-state index < -0.39 is 8.07 Å². The van der Waals surface area contributed by atoms with Crippen LogP contribution in [0.5, 0.6) is 0 Å². The number of hydrogen-bond donors (Lipinski definition) is 0. The molecule has 13 aromatic rings. The van der Waals surface area contributed by atoms with Crippen LogP contribution in [-0.4, -0.2) is 12.5 Å². The Balaban J connectivity index is 0.886. The predicted octanol–water partition coefficient (Wildman–Crippen LogP) is 15.3. The highest BCUT2D eigenvalue weighted by atomic mass is 28.3. The van der Waals surface area contributed by atoms with Crippen molar-refractivity contribution in [2.24, 2.45) is 0 Å². The van der Waals surface area contributed by atoms with Gasteiger partial charge in [-0.3, -0.25) is 0 Å². The van der Waals surface area contributed by atoms with E-state index in [1.165, 1.54) is 103 Å². The largest absolute Gasteiger partial charge is 0.311 e. The second kappa shape index (κ2) is 16.4. The van der Waals surface area contributed by atoms with E-state index in [2.05, 4.69) is 290 Å². The van der Waals surface area contributed by atoms with Gasteiger partial charge in [-0.15, -0.1) is 0 Å². The average Bonchev–Trinajstić information content (AvgIpc) is 4.05. The molecule has 0 saturated heterocycles. The van der Waals surface area contributed by atoms with Gasteiger partial charge in [-0.1, -0.05) is 226 Å². The molecule has 0 radical (unpaired) electrons. The fourth-order valence-corrected chi connectivity index (χ4v) is 17.2. The maximum atomic E-state index is 2.47. The van der Waals surface area contributed by atoms with Crippen LogP contribution in [0, 0.1) is 0 Å². The zero-order valence-electron chi connectivity index (χ0n) is 40.3. The van der Waals surface area contributed by atoms with Gasteiger partial charge in [-0.05, 0) is 120 Å². The summed E-state index contributed by atoms with van der Waals surface area (Å²) in [6.45, 7) is 4.71. The molecule has 1 aliphatic rings. The maximum absolute atomic E-state index is 2.72. The van der Waals surface area contributed by atoms with Crippen LogP contribution in [-0.2, 0) is 5.41 Å². The topological polar surface area (TPSA) is 7.65 Å². The van der Waals surface area contributed by atoms with Gasteiger partial charge in [-0.2, -0.15) is 0 Å². The highest BCUT2D eigenvalue weighted by Gasteiger charge is 2.41. The Bertz CT molecular complexity index is 4040. The Hall–Kier alpha value is -8.76. The van der Waals surface area contributed by atoms with Crippen molar-refractivity contribution in [1.29, 1.82) is 0 Å². The van der Waals surface area contributed by atoms with Crippen LogP contribution in [0.4, 0.5) is 17.1 Å². The highest BCUT2D eigenvalue weighted by molar-refractivity contribution is 7.19. The van der Waals surface area contributed by atoms with Crippen molar-refractivity contribution in [3.63, 3.8) is 0 Å². The van der Waals surface area contributed by atoms with Crippen LogP contribution in [0.1, 0.15) is 25.0 Å². The zero-order chi connectivity index (χ0) is 48.0. The molecule has 340 valence electrons. The number of aromatic nitrogens is 1. The lowest BCUT2D eigenvalue weighted by molar-refractivity contribution is 0.660. The molecule has 0 bridgehead atoms. The van der Waals surface area contributed by atoms with Gasteiger partial charge in [0, 0.05) is 44.0 Å². The lowest BCUT2D eigenvalue weighted by atomic mass is 9.81. The van der Waals surface area contributed by atoms with Crippen molar-refractivity contribution in [1.82, 2.24) is 4.40 Å². The minimum Gasteiger partial charge on any atom is -0.311 e. The third-order valence-corrected chi connectivity index (χ3v) is 20.7. The predicted molar refractivity (Wildman–Crippen MR) is 308 cm³/mol. The van der Waals surface area contributed by atoms with Gasteiger partial charge in [0.2, 0.25) is 0 Å². The van der Waals surface area contributed by atoms with Crippen molar-refractivity contribution < 1.29 is 0 Å². The van der Waals surface area contributed by atoms with Gasteiger partial charge in [0.25, 0.3) is 0 Å². The summed E-state index contributed by atoms with van der Waals surface area (Å²) in [5.74, 6) is 0. The Morgan fingerprint density at radius 3 is 1.35 bits per heavy atom. The molecule has 2 nitrogen and oxygen atoms in total. The molecular weight excluding hydrogens is 885 g/mol. The van der Waals surface area contributed by atoms with Gasteiger partial charge in [0.05, 0.1) is 16.6 Å². The molecule has 3 heteroatoms. The first-order valence-corrected chi connectivity index (χ1v) is 27.2. The molecule has 0 saturated carbocycles. The van der Waals surface area contributed by atoms with Crippen LogP contribution < -0.4 is 25.6 Å². The summed E-state index contributed by atoms with van der Waals surface area (Å²) in [4.78, 5) is 2.42. The molecule has 0 spiro atoms. The molecule has 72 heavy (non-hydrogen) atoms. The molecule has 0 unspecified atom stereocenters. The fourth-order valence-electron chi connectivity index (χ4n) is 12.5. The second-order valence-electron chi connectivity index (χ2n) is 20.0. The lowest BCUT2D eigenvalue weighted by Crippen LogP contribution is -2.74. The Morgan fingerprint density at radius 1 is 0.319 bits per heavy atom. The summed E-state index contributed by atoms with van der Waals surface area (Å²) in [5.41, 5.74) is 17.3. The van der Waals surface area contributed by atoms with E-state index in [9.17, 15) is 0 Å². The molecule has 0 amide bonds. The summed E-state index contributed by atoms with van der Waals surface area (Å²) in [6.07, 6.45) is 0. The van der Waals surface area contributed by atoms with E-state index in [-0.39, 0.29) is 5.41 Å². The van der Waals surface area contributed by atoms with Gasteiger partial charge in [0.15, 0.2) is 8.07 Å². The first-order valence-electron chi connectivity index (χ1n) is 25.2. The summed E-state index contributed by atoms with van der Waals surface area (Å²) in [6, 6.07) is 99.8. The van der Waals surface area contributed by atoms with E-state index in [1.807, 2.05) is 0 Å². The summed E-state index contributed by atoms with van der Waals surface area (Å²) in [5, 5.41) is 10.6. The van der Waals surface area contributed by atoms with Crippen LogP contribution in [0.2, 0.25) is 0 Å². The third kappa shape index (κ3) is 6.34. The number of hydrogen-bond acceptors (Lipinski definition) is 1. The molecule has 14 rings (SSSR count). The molecule has 0 atom stereocenters. The van der Waals surface area contributed by atoms with Crippen molar-refractivity contribution in [2.45, 2.75) is 19.3 Å². The molecule has 0 N–H and O–H groups in total. The van der Waals surface area contributed by atoms with Crippen LogP contribution in [0.25, 0.3) is 71.5 Å². The molecular formula is C69H50N2Si. The van der Waals surface area contributed by atoms with Gasteiger partial charge < -0.3 is 9.30 Å². The molecule has 1 aliphatic carbocycles. The highest BCUT2D eigenvalue weighted by Crippen LogP contribution is 2.50. The summed E-state index contributed by atoms with van der Waals surface area (Å²) in [7, 11) is -2.72. The fraction of sp³-hybridized carbons (Fsp3) is 0.0435. The number of nitrogens with zero attached hydrogens (tertiary/aromatic N) is 2. The van der Waals surface area contributed by atoms with E-state index in [0.717, 1.165) is 17.1 Å². The average molecular weight is 935 g/mol. The lowest BCUT2D eigenvalue weighted by Gasteiger charge is -2.35. The molecule has 11 aromatic carbocycles. The van der Waals surface area contributed by atoms with Crippen molar-refractivity contribution in [3.05, 3.63) is 278 Å². The number of fused-ring (bicyclic) bond motifs is 9. The van der Waals surface area contributed by atoms with Crippen LogP contribution >= 0.6 is 0 Å². The molecule has 0 fully saturated rings. The van der Waals surface area contributed by atoms with Gasteiger partial charge in [0.1, 0.15) is 0 Å². The Morgan fingerprint density at radius 2 is 0.750 bits per heavy atom. The standard InChI is InChI=1S/C69H50N2Si/c1-69(2)64-27-14-12-23-58(64)59-43-33-49(45-65(59)69)47-29-35-51(36-30-47)70(53-39-41-57(42-40-53)72(54-17-6-3-7-18-54,55-19-8-4-9-20-55)56-21-10-5-11-22-56)52-37-31-48(32-38-52)50-34-44-61-63-26-16-25-62-60-24-13-15-28-66(60)71(68(62)63)67(61)46-50/h3-46H,1-2H3. The smallest absolute Gasteiger partial charge is 0.179 e. The molecule has 2 heterocycles. The summed E-state index contributed by atoms with van der Waals surface area (Å²) >= 11 is 0. The second-order valence-corrected chi connectivity index (χ2v) is 23.9. The van der Waals surface area contributed by atoms with Gasteiger partial charge in [-0.25, -0.2) is 0 Å². The van der Waals surface area contributed by atoms with E-state index in [1.54, 1.807) is 0 Å². The normalized spacial score (nSPS) is 13.0. The van der Waals surface area contributed by atoms with Crippen LogP contribution in [0.3, 0.4) is 0 Å². The van der Waals surface area contributed by atoms with E-state index in [0.29, 0.717) is 0 Å².